The molecule has 6 rings (SSSR count). The molecule has 2 saturated heterocycles. The quantitative estimate of drug-likeness (QED) is 0.322. The molecule has 41 heavy (non-hydrogen) atoms. The lowest BCUT2D eigenvalue weighted by atomic mass is 9.99. The van der Waals surface area contributed by atoms with E-state index in [-0.39, 0.29) is 13.1 Å². The van der Waals surface area contributed by atoms with E-state index in [1.807, 2.05) is 0 Å². The normalized spacial score (nSPS) is 19.0. The van der Waals surface area contributed by atoms with Gasteiger partial charge in [0.25, 0.3) is 5.91 Å². The van der Waals surface area contributed by atoms with E-state index < -0.39 is 17.8 Å². The number of carbonyl (C=O) groups excluding carboxylic acids is 1. The van der Waals surface area contributed by atoms with Gasteiger partial charge in [-0.1, -0.05) is 36.9 Å². The molecule has 212 valence electrons. The predicted octanol–water partition coefficient (Wildman–Crippen LogP) is 3.95. The Hall–Kier alpha value is -4.23. The summed E-state index contributed by atoms with van der Waals surface area (Å²) in [4.78, 5) is 31.6. The Morgan fingerprint density at radius 2 is 1.98 bits per heavy atom. The average Bonchev–Trinajstić information content (AvgIpc) is 2.95. The first-order valence-corrected chi connectivity index (χ1v) is 14.0. The number of ether oxygens (including phenoxy) is 2. The van der Waals surface area contributed by atoms with Crippen molar-refractivity contribution in [3.05, 3.63) is 77.0 Å². The zero-order valence-electron chi connectivity index (χ0n) is 23.2. The van der Waals surface area contributed by atoms with E-state index in [0.717, 1.165) is 30.0 Å². The van der Waals surface area contributed by atoms with Crippen LogP contribution < -0.4 is 14.5 Å². The number of piperazine rings is 1. The van der Waals surface area contributed by atoms with Crippen LogP contribution in [-0.4, -0.2) is 79.4 Å². The summed E-state index contributed by atoms with van der Waals surface area (Å²) in [6, 6.07) is 12.6. The molecular weight excluding hydrogens is 523 g/mol. The molecule has 2 fully saturated rings. The summed E-state index contributed by atoms with van der Waals surface area (Å²) < 4.78 is 25.1. The molecule has 3 aliphatic rings. The van der Waals surface area contributed by atoms with Crippen LogP contribution in [0.5, 0.6) is 6.01 Å². The largest absolute Gasteiger partial charge is 0.463 e. The number of rotatable bonds is 7. The molecule has 0 saturated carbocycles. The van der Waals surface area contributed by atoms with Crippen LogP contribution in [0.25, 0.3) is 15.6 Å². The summed E-state index contributed by atoms with van der Waals surface area (Å²) in [6.45, 7) is 17.1. The van der Waals surface area contributed by atoms with Gasteiger partial charge < -0.3 is 29.0 Å². The van der Waals surface area contributed by atoms with Gasteiger partial charge in [-0.05, 0) is 30.4 Å². The third-order valence-corrected chi connectivity index (χ3v) is 8.19. The molecule has 0 bridgehead atoms. The van der Waals surface area contributed by atoms with Crippen LogP contribution in [0.1, 0.15) is 16.8 Å². The second kappa shape index (κ2) is 11.3. The summed E-state index contributed by atoms with van der Waals surface area (Å²) >= 11 is 0. The molecule has 9 nitrogen and oxygen atoms in total. The van der Waals surface area contributed by atoms with Gasteiger partial charge in [-0.3, -0.25) is 4.79 Å². The summed E-state index contributed by atoms with van der Waals surface area (Å²) in [5.41, 5.74) is 4.36. The first-order chi connectivity index (χ1) is 19.9. The van der Waals surface area contributed by atoms with Crippen molar-refractivity contribution in [2.75, 3.05) is 62.3 Å². The van der Waals surface area contributed by atoms with Crippen molar-refractivity contribution in [2.24, 2.45) is 5.92 Å². The third kappa shape index (κ3) is 5.30. The first-order valence-electron chi connectivity index (χ1n) is 14.0. The Morgan fingerprint density at radius 3 is 2.71 bits per heavy atom. The van der Waals surface area contributed by atoms with E-state index in [2.05, 4.69) is 64.5 Å². The summed E-state index contributed by atoms with van der Waals surface area (Å²) in [7, 11) is 0. The second-order valence-electron chi connectivity index (χ2n) is 10.9. The van der Waals surface area contributed by atoms with Gasteiger partial charge in [-0.15, -0.1) is 0 Å². The van der Waals surface area contributed by atoms with Crippen LogP contribution in [0.15, 0.2) is 48.8 Å². The van der Waals surface area contributed by atoms with Crippen molar-refractivity contribution in [3.8, 4) is 6.01 Å². The van der Waals surface area contributed by atoms with Gasteiger partial charge in [-0.2, -0.15) is 9.97 Å². The molecule has 1 aromatic heterocycles. The average molecular weight is 557 g/mol. The van der Waals surface area contributed by atoms with Crippen molar-refractivity contribution in [1.29, 1.82) is 0 Å². The van der Waals surface area contributed by atoms with Crippen molar-refractivity contribution < 1.29 is 18.7 Å². The van der Waals surface area contributed by atoms with Gasteiger partial charge in [0, 0.05) is 48.7 Å². The van der Waals surface area contributed by atoms with Gasteiger partial charge in [0.2, 0.25) is 6.54 Å². The maximum absolute atomic E-state index is 13.7. The highest BCUT2D eigenvalue weighted by molar-refractivity contribution is 5.97. The molecule has 0 N–H and O–H groups in total. The molecule has 3 aliphatic heterocycles. The van der Waals surface area contributed by atoms with Crippen LogP contribution in [0.2, 0.25) is 0 Å². The Morgan fingerprint density at radius 1 is 1.17 bits per heavy atom. The maximum Gasteiger partial charge on any atom is 0.318 e. The predicted molar refractivity (Wildman–Crippen MR) is 155 cm³/mol. The lowest BCUT2D eigenvalue weighted by molar-refractivity contribution is -0.131. The van der Waals surface area contributed by atoms with Gasteiger partial charge in [-0.25, -0.2) is 11.0 Å². The highest BCUT2D eigenvalue weighted by atomic mass is 19.1. The maximum atomic E-state index is 13.7. The number of amides is 1. The molecule has 2 aromatic carbocycles. The third-order valence-electron chi connectivity index (χ3n) is 8.19. The Kier molecular flexibility index (Phi) is 7.45. The minimum Gasteiger partial charge on any atom is -0.463 e. The van der Waals surface area contributed by atoms with Crippen molar-refractivity contribution in [2.45, 2.75) is 25.9 Å². The fourth-order valence-corrected chi connectivity index (χ4v) is 5.99. The molecule has 0 spiro atoms. The topological polar surface area (TPSA) is 75.4 Å². The van der Waals surface area contributed by atoms with Gasteiger partial charge in [0.1, 0.15) is 11.9 Å². The summed E-state index contributed by atoms with van der Waals surface area (Å²) in [5.74, 6) is -0.674. The monoisotopic (exact) mass is 556 g/mol. The number of hydrogen-bond donors (Lipinski definition) is 0. The lowest BCUT2D eigenvalue weighted by Crippen LogP contribution is -2.57. The molecule has 0 radical (unpaired) electrons. The standard InChI is InChI=1S/C31H33FN6O3/c1-20-6-4-7-23-8-5-9-27(28(20)23)36-11-10-25-26(16-36)34-31(41-19-22-17-40-18-22)35-29(25)37-12-13-38(30(39)21(2)32)24(15-37)14-33-3/h4-9,22,24H,2,10-19H2,1H3/t24-/m0/s1. The Balaban J connectivity index is 1.33. The smallest absolute Gasteiger partial charge is 0.318 e. The van der Waals surface area contributed by atoms with Crippen molar-refractivity contribution in [1.82, 2.24) is 14.9 Å². The number of anilines is 2. The molecule has 10 heteroatoms. The molecule has 1 amide bonds. The number of fused-ring (bicyclic) bond motifs is 2. The molecule has 3 aromatic rings. The SMILES string of the molecule is [C-]#[N+]C[C@H]1CN(c2nc(OCC3COC3)nc3c2CCN(c2cccc4cccc(C)c24)C3)CCN1C(=O)C(=C)F. The number of halogens is 1. The minimum absolute atomic E-state index is 0.0715. The first kappa shape index (κ1) is 27.0. The van der Waals surface area contributed by atoms with Crippen LogP contribution in [0.4, 0.5) is 15.9 Å². The zero-order valence-corrected chi connectivity index (χ0v) is 23.2. The summed E-state index contributed by atoms with van der Waals surface area (Å²) in [5, 5.41) is 2.45. The molecule has 0 unspecified atom stereocenters. The van der Waals surface area contributed by atoms with Gasteiger partial charge in [0.15, 0.2) is 5.83 Å². The summed E-state index contributed by atoms with van der Waals surface area (Å²) in [6.07, 6.45) is 0.734. The molecule has 4 heterocycles. The van der Waals surface area contributed by atoms with Crippen LogP contribution in [0, 0.1) is 19.4 Å². The Bertz CT molecular complexity index is 1530. The fraction of sp³-hybridized carbons (Fsp3) is 0.419. The van der Waals surface area contributed by atoms with E-state index >= 15 is 0 Å². The second-order valence-corrected chi connectivity index (χ2v) is 10.9. The number of hydrogen-bond acceptors (Lipinski definition) is 7. The van der Waals surface area contributed by atoms with Crippen molar-refractivity contribution >= 4 is 28.2 Å². The number of aromatic nitrogens is 2. The van der Waals surface area contributed by atoms with Crippen LogP contribution >= 0.6 is 0 Å². The number of nitrogens with zero attached hydrogens (tertiary/aromatic N) is 6. The van der Waals surface area contributed by atoms with E-state index in [0.29, 0.717) is 51.4 Å². The minimum atomic E-state index is -1.01. The van der Waals surface area contributed by atoms with E-state index in [4.69, 9.17) is 26.0 Å². The highest BCUT2D eigenvalue weighted by Crippen LogP contribution is 2.36. The van der Waals surface area contributed by atoms with E-state index in [1.165, 1.54) is 26.9 Å². The zero-order chi connectivity index (χ0) is 28.5. The van der Waals surface area contributed by atoms with Gasteiger partial charge in [0.05, 0.1) is 32.1 Å². The highest BCUT2D eigenvalue weighted by Gasteiger charge is 2.36. The lowest BCUT2D eigenvalue weighted by Gasteiger charge is -2.41. The number of carbonyl (C=O) groups is 1. The van der Waals surface area contributed by atoms with E-state index in [9.17, 15) is 9.18 Å². The van der Waals surface area contributed by atoms with Gasteiger partial charge >= 0.3 is 6.01 Å². The van der Waals surface area contributed by atoms with Crippen LogP contribution in [-0.2, 0) is 22.5 Å². The number of benzene rings is 2. The van der Waals surface area contributed by atoms with E-state index in [1.54, 1.807) is 0 Å². The molecular formula is C31H33FN6O3. The van der Waals surface area contributed by atoms with Crippen molar-refractivity contribution in [3.63, 3.8) is 0 Å². The van der Waals surface area contributed by atoms with Crippen LogP contribution in [0.3, 0.4) is 0 Å². The molecule has 1 atom stereocenters. The Labute approximate surface area is 239 Å². The molecule has 0 aliphatic carbocycles. The fourth-order valence-electron chi connectivity index (χ4n) is 5.99. The number of aryl methyl sites for hydroxylation is 1.